The zero-order valence-corrected chi connectivity index (χ0v) is 22.3. The molecule has 1 aromatic carbocycles. The highest BCUT2D eigenvalue weighted by Crippen LogP contribution is 2.40. The normalized spacial score (nSPS) is 23.1. The second-order valence-corrected chi connectivity index (χ2v) is 9.49. The van der Waals surface area contributed by atoms with Crippen LogP contribution < -0.4 is 20.4 Å². The number of unbranched alkanes of at least 4 members (excludes halogenated alkanes) is 1. The Labute approximate surface area is 232 Å². The second-order valence-electron chi connectivity index (χ2n) is 8.68. The Morgan fingerprint density at radius 3 is 2.46 bits per heavy atom. The number of ether oxygens (including phenoxy) is 4. The number of nitrogens with zero attached hydrogens (tertiary/aromatic N) is 1. The number of anilines is 2. The lowest BCUT2D eigenvalue weighted by molar-refractivity contribution is -0.301. The van der Waals surface area contributed by atoms with Gasteiger partial charge >= 0.3 is 5.63 Å². The Bertz CT molecular complexity index is 1320. The van der Waals surface area contributed by atoms with E-state index in [1.54, 1.807) is 12.1 Å². The Hall–Kier alpha value is -2.68. The average molecular weight is 587 g/mol. The van der Waals surface area contributed by atoms with E-state index < -0.39 is 42.9 Å². The number of pyridine rings is 1. The zero-order chi connectivity index (χ0) is 28.1. The Morgan fingerprint density at radius 1 is 1.05 bits per heavy atom. The fourth-order valence-electron chi connectivity index (χ4n) is 4.03. The molecule has 1 saturated heterocycles. The van der Waals surface area contributed by atoms with Crippen LogP contribution in [0, 0.1) is 0 Å². The van der Waals surface area contributed by atoms with Crippen molar-refractivity contribution in [1.29, 1.82) is 0 Å². The van der Waals surface area contributed by atoms with Gasteiger partial charge in [0.25, 0.3) is 0 Å². The maximum atomic E-state index is 12.4. The summed E-state index contributed by atoms with van der Waals surface area (Å²) >= 11 is 12.4. The summed E-state index contributed by atoms with van der Waals surface area (Å²) in [5.41, 5.74) is 0.273. The van der Waals surface area contributed by atoms with Gasteiger partial charge in [0.2, 0.25) is 5.75 Å². The molecular formula is C25H28Cl2N2O10. The highest BCUT2D eigenvalue weighted by atomic mass is 35.5. The number of nitrogens with one attached hydrogen (secondary N) is 1. The molecule has 5 N–H and O–H groups in total. The van der Waals surface area contributed by atoms with Gasteiger partial charge in [0.15, 0.2) is 17.6 Å². The molecular weight excluding hydrogens is 559 g/mol. The third-order valence-corrected chi connectivity index (χ3v) is 6.65. The summed E-state index contributed by atoms with van der Waals surface area (Å²) < 4.78 is 27.6. The molecule has 12 nitrogen and oxygen atoms in total. The van der Waals surface area contributed by atoms with Gasteiger partial charge in [-0.3, -0.25) is 4.98 Å². The van der Waals surface area contributed by atoms with Gasteiger partial charge in [0, 0.05) is 30.5 Å². The lowest BCUT2D eigenvalue weighted by Crippen LogP contribution is -2.59. The van der Waals surface area contributed by atoms with E-state index in [9.17, 15) is 25.2 Å². The second kappa shape index (κ2) is 13.1. The molecule has 1 aliphatic rings. The number of methoxy groups -OCH3 is 1. The monoisotopic (exact) mass is 586 g/mol. The van der Waals surface area contributed by atoms with Crippen LogP contribution in [0.2, 0.25) is 10.0 Å². The van der Waals surface area contributed by atoms with Gasteiger partial charge in [-0.15, -0.1) is 0 Å². The molecule has 0 amide bonds. The summed E-state index contributed by atoms with van der Waals surface area (Å²) in [6, 6.07) is 4.63. The van der Waals surface area contributed by atoms with E-state index in [0.717, 1.165) is 0 Å². The van der Waals surface area contributed by atoms with Crippen molar-refractivity contribution in [3.8, 4) is 11.5 Å². The Kier molecular flexibility index (Phi) is 9.86. The van der Waals surface area contributed by atoms with Crippen molar-refractivity contribution in [3.63, 3.8) is 0 Å². The predicted octanol–water partition coefficient (Wildman–Crippen LogP) is 2.22. The minimum Gasteiger partial charge on any atom is -0.493 e. The topological polar surface area (TPSA) is 173 Å². The summed E-state index contributed by atoms with van der Waals surface area (Å²) in [6.45, 7) is -0.215. The van der Waals surface area contributed by atoms with E-state index in [0.29, 0.717) is 35.4 Å². The van der Waals surface area contributed by atoms with E-state index in [4.69, 9.17) is 46.6 Å². The Balaban J connectivity index is 1.42. The molecule has 14 heteroatoms. The summed E-state index contributed by atoms with van der Waals surface area (Å²) in [4.78, 5) is 16.3. The van der Waals surface area contributed by atoms with Crippen LogP contribution in [0.1, 0.15) is 12.8 Å². The minimum atomic E-state index is -1.51. The van der Waals surface area contributed by atoms with Crippen molar-refractivity contribution < 1.29 is 43.8 Å². The van der Waals surface area contributed by atoms with Crippen LogP contribution in [0.25, 0.3) is 11.0 Å². The largest absolute Gasteiger partial charge is 0.493 e. The quantitative estimate of drug-likeness (QED) is 0.164. The first kappa shape index (κ1) is 29.3. The summed E-state index contributed by atoms with van der Waals surface area (Å²) in [5.74, 6) is 0.567. The average Bonchev–Trinajstić information content (AvgIpc) is 2.92. The standard InChI is InChI=1S/C25H28Cl2N2O10/c1-35-16-5-4-12-15(29-19-13(26)9-28-10-14(19)27)8-18(31)39-23(12)24(16)36-6-2-3-7-37-25-22(34)21(33)20(32)17(11-30)38-25/h4-5,8-10,17,20-22,25,30,32-34H,2-3,6-7,11H2,1H3,(H,28,29)/t17-,20-,21+,22-,25-/m1/s1. The number of fused-ring (bicyclic) bond motifs is 1. The van der Waals surface area contributed by atoms with Gasteiger partial charge in [-0.2, -0.15) is 0 Å². The van der Waals surface area contributed by atoms with Crippen LogP contribution in [0.5, 0.6) is 11.5 Å². The first-order valence-corrected chi connectivity index (χ1v) is 12.8. The summed E-state index contributed by atoms with van der Waals surface area (Å²) in [7, 11) is 1.46. The molecule has 212 valence electrons. The van der Waals surface area contributed by atoms with Crippen molar-refractivity contribution in [2.45, 2.75) is 43.5 Å². The van der Waals surface area contributed by atoms with E-state index >= 15 is 0 Å². The molecule has 5 atom stereocenters. The summed E-state index contributed by atoms with van der Waals surface area (Å²) in [5, 5.41) is 43.2. The number of rotatable bonds is 11. The fraction of sp³-hybridized carbons (Fsp3) is 0.440. The molecule has 0 unspecified atom stereocenters. The van der Waals surface area contributed by atoms with Crippen molar-refractivity contribution in [2.24, 2.45) is 0 Å². The van der Waals surface area contributed by atoms with Crippen molar-refractivity contribution in [3.05, 3.63) is 51.1 Å². The number of halogens is 2. The molecule has 0 aliphatic carbocycles. The van der Waals surface area contributed by atoms with E-state index in [1.807, 2.05) is 0 Å². The molecule has 0 bridgehead atoms. The van der Waals surface area contributed by atoms with Crippen LogP contribution in [0.4, 0.5) is 11.4 Å². The number of hydrogen-bond acceptors (Lipinski definition) is 12. The highest BCUT2D eigenvalue weighted by molar-refractivity contribution is 6.39. The smallest absolute Gasteiger partial charge is 0.338 e. The summed E-state index contributed by atoms with van der Waals surface area (Å²) in [6.07, 6.45) is -2.89. The molecule has 3 heterocycles. The van der Waals surface area contributed by atoms with Crippen LogP contribution in [0.15, 0.2) is 39.8 Å². The van der Waals surface area contributed by atoms with Gasteiger partial charge in [0.05, 0.1) is 41.7 Å². The zero-order valence-electron chi connectivity index (χ0n) is 20.8. The van der Waals surface area contributed by atoms with Crippen LogP contribution in [-0.2, 0) is 9.47 Å². The van der Waals surface area contributed by atoms with E-state index in [1.165, 1.54) is 25.6 Å². The highest BCUT2D eigenvalue weighted by Gasteiger charge is 2.43. The number of hydrogen-bond donors (Lipinski definition) is 5. The first-order chi connectivity index (χ1) is 18.7. The first-order valence-electron chi connectivity index (χ1n) is 12.0. The molecule has 1 aliphatic heterocycles. The number of benzene rings is 1. The van der Waals surface area contributed by atoms with Gasteiger partial charge in [0.1, 0.15) is 24.4 Å². The van der Waals surface area contributed by atoms with Crippen molar-refractivity contribution >= 4 is 45.5 Å². The number of aliphatic hydroxyl groups excluding tert-OH is 4. The third-order valence-electron chi connectivity index (χ3n) is 6.08. The van der Waals surface area contributed by atoms with Crippen LogP contribution >= 0.6 is 23.2 Å². The molecule has 4 rings (SSSR count). The molecule has 39 heavy (non-hydrogen) atoms. The van der Waals surface area contributed by atoms with Gasteiger partial charge in [-0.05, 0) is 25.0 Å². The molecule has 0 radical (unpaired) electrons. The maximum Gasteiger partial charge on any atom is 0.338 e. The lowest BCUT2D eigenvalue weighted by atomic mass is 9.99. The van der Waals surface area contributed by atoms with Crippen LogP contribution in [-0.4, -0.2) is 83.0 Å². The van der Waals surface area contributed by atoms with Gasteiger partial charge < -0.3 is 49.1 Å². The minimum absolute atomic E-state index is 0.134. The third kappa shape index (κ3) is 6.56. The lowest BCUT2D eigenvalue weighted by Gasteiger charge is -2.39. The van der Waals surface area contributed by atoms with E-state index in [-0.39, 0.29) is 34.6 Å². The van der Waals surface area contributed by atoms with Crippen molar-refractivity contribution in [2.75, 3.05) is 32.2 Å². The number of aliphatic hydroxyl groups is 4. The van der Waals surface area contributed by atoms with E-state index in [2.05, 4.69) is 10.3 Å². The SMILES string of the molecule is COc1ccc2c(Nc3c(Cl)cncc3Cl)cc(=O)oc2c1OCCCCO[C@@H]1O[C@H](CO)[C@@H](O)[C@H](O)[C@H]1O. The molecule has 0 spiro atoms. The maximum absolute atomic E-state index is 12.4. The van der Waals surface area contributed by atoms with Gasteiger partial charge in [-0.25, -0.2) is 4.79 Å². The molecule has 3 aromatic rings. The molecule has 2 aromatic heterocycles. The molecule has 0 saturated carbocycles. The van der Waals surface area contributed by atoms with Crippen molar-refractivity contribution in [1.82, 2.24) is 4.98 Å². The fourth-order valence-corrected chi connectivity index (χ4v) is 4.49. The van der Waals surface area contributed by atoms with Crippen LogP contribution in [0.3, 0.4) is 0 Å². The number of aromatic nitrogens is 1. The van der Waals surface area contributed by atoms with Gasteiger partial charge in [-0.1, -0.05) is 23.2 Å². The molecule has 1 fully saturated rings. The predicted molar refractivity (Wildman–Crippen MR) is 141 cm³/mol. The Morgan fingerprint density at radius 2 is 1.77 bits per heavy atom.